The van der Waals surface area contributed by atoms with Crippen LogP contribution in [-0.4, -0.2) is 70.7 Å². The number of likely N-dealkylation sites (tertiary alicyclic amines) is 1. The van der Waals surface area contributed by atoms with E-state index in [1.165, 1.54) is 19.3 Å². The lowest BCUT2D eigenvalue weighted by molar-refractivity contribution is -0.140. The van der Waals surface area contributed by atoms with Crippen LogP contribution in [0.25, 0.3) is 16.7 Å². The Kier molecular flexibility index (Phi) is 7.53. The number of hydrogen-bond acceptors (Lipinski definition) is 7. The quantitative estimate of drug-likeness (QED) is 0.423. The molecule has 208 valence electrons. The van der Waals surface area contributed by atoms with Crippen molar-refractivity contribution in [1.82, 2.24) is 19.9 Å². The molecule has 1 aromatic carbocycles. The van der Waals surface area contributed by atoms with E-state index in [2.05, 4.69) is 15.0 Å². The summed E-state index contributed by atoms with van der Waals surface area (Å²) in [5.41, 5.74) is 3.67. The van der Waals surface area contributed by atoms with Crippen molar-refractivity contribution in [3.05, 3.63) is 53.0 Å². The summed E-state index contributed by atoms with van der Waals surface area (Å²) < 4.78 is 17.2. The summed E-state index contributed by atoms with van der Waals surface area (Å²) >= 11 is 0. The molecule has 0 bridgehead atoms. The number of H-pyrrole nitrogens is 1. The van der Waals surface area contributed by atoms with E-state index >= 15 is 0 Å². The molecule has 0 atom stereocenters. The Bertz CT molecular complexity index is 1380. The van der Waals surface area contributed by atoms with Gasteiger partial charge in [0.15, 0.2) is 5.58 Å². The first-order valence-electron chi connectivity index (χ1n) is 13.8. The molecule has 2 aromatic heterocycles. The summed E-state index contributed by atoms with van der Waals surface area (Å²) in [5, 5.41) is 4.10. The number of aromatic amines is 1. The molecule has 1 amide bonds. The van der Waals surface area contributed by atoms with Gasteiger partial charge in [-0.2, -0.15) is 0 Å². The smallest absolute Gasteiger partial charge is 0.342 e. The van der Waals surface area contributed by atoms with Crippen LogP contribution >= 0.6 is 0 Å². The van der Waals surface area contributed by atoms with Crippen LogP contribution in [0.1, 0.15) is 74.3 Å². The highest BCUT2D eigenvalue weighted by atomic mass is 16.5. The van der Waals surface area contributed by atoms with E-state index in [0.717, 1.165) is 36.5 Å². The van der Waals surface area contributed by atoms with Crippen molar-refractivity contribution in [2.75, 3.05) is 32.8 Å². The Morgan fingerprint density at radius 2 is 1.85 bits per heavy atom. The van der Waals surface area contributed by atoms with Crippen LogP contribution in [0.2, 0.25) is 0 Å². The number of rotatable bonds is 7. The maximum atomic E-state index is 13.7. The van der Waals surface area contributed by atoms with Crippen molar-refractivity contribution in [3.8, 4) is 5.75 Å². The van der Waals surface area contributed by atoms with Gasteiger partial charge in [-0.05, 0) is 71.0 Å². The van der Waals surface area contributed by atoms with Crippen molar-refractivity contribution >= 4 is 28.5 Å². The molecule has 0 radical (unpaired) electrons. The number of esters is 1. The van der Waals surface area contributed by atoms with Gasteiger partial charge in [0.05, 0.1) is 17.4 Å². The second-order valence-corrected chi connectivity index (χ2v) is 11.4. The first-order chi connectivity index (χ1) is 18.6. The molecule has 1 saturated heterocycles. The molecule has 3 aromatic rings. The lowest BCUT2D eigenvalue weighted by Crippen LogP contribution is -2.36. The zero-order valence-corrected chi connectivity index (χ0v) is 23.5. The van der Waals surface area contributed by atoms with Crippen LogP contribution in [0.15, 0.2) is 35.0 Å². The molecule has 0 unspecified atom stereocenters. The van der Waals surface area contributed by atoms with Crippen LogP contribution in [0.4, 0.5) is 0 Å². The lowest BCUT2D eigenvalue weighted by Gasteiger charge is -2.29. The molecular formula is C30H38N4O5. The molecule has 1 N–H and O–H groups in total. The van der Waals surface area contributed by atoms with Crippen molar-refractivity contribution < 1.29 is 23.6 Å². The molecule has 0 spiro atoms. The SMILES string of the molecule is Cc1noc2c3c([nH]c12)C(C(=O)OC(C)C)=CN(C(=O)c1ccc(OCCN2CCCCC2)cc1)CC3(C)C. The molecule has 5 rings (SSSR count). The highest BCUT2D eigenvalue weighted by Gasteiger charge is 2.39. The first kappa shape index (κ1) is 27.0. The maximum absolute atomic E-state index is 13.7. The third-order valence-electron chi connectivity index (χ3n) is 7.44. The summed E-state index contributed by atoms with van der Waals surface area (Å²) in [6.07, 6.45) is 5.10. The zero-order chi connectivity index (χ0) is 27.7. The number of fused-ring (bicyclic) bond motifs is 3. The van der Waals surface area contributed by atoms with Gasteiger partial charge in [-0.3, -0.25) is 9.69 Å². The maximum Gasteiger partial charge on any atom is 0.342 e. The summed E-state index contributed by atoms with van der Waals surface area (Å²) in [4.78, 5) is 34.4. The molecule has 9 nitrogen and oxygen atoms in total. The molecule has 39 heavy (non-hydrogen) atoms. The second kappa shape index (κ2) is 10.9. The number of aromatic nitrogens is 2. The van der Waals surface area contributed by atoms with E-state index < -0.39 is 11.4 Å². The monoisotopic (exact) mass is 534 g/mol. The molecule has 4 heterocycles. The largest absolute Gasteiger partial charge is 0.492 e. The average molecular weight is 535 g/mol. The summed E-state index contributed by atoms with van der Waals surface area (Å²) in [6.45, 7) is 13.6. The number of amides is 1. The first-order valence-corrected chi connectivity index (χ1v) is 13.8. The minimum atomic E-state index is -0.552. The zero-order valence-electron chi connectivity index (χ0n) is 23.5. The Morgan fingerprint density at radius 1 is 1.13 bits per heavy atom. The van der Waals surface area contributed by atoms with Crippen LogP contribution in [0, 0.1) is 6.92 Å². The second-order valence-electron chi connectivity index (χ2n) is 11.4. The van der Waals surface area contributed by atoms with Crippen LogP contribution in [-0.2, 0) is 14.9 Å². The van der Waals surface area contributed by atoms with Gasteiger partial charge in [0.25, 0.3) is 5.91 Å². The third kappa shape index (κ3) is 5.59. The summed E-state index contributed by atoms with van der Waals surface area (Å²) in [5.74, 6) is 0.0104. The van der Waals surface area contributed by atoms with Gasteiger partial charge in [-0.15, -0.1) is 0 Å². The molecule has 2 aliphatic rings. The van der Waals surface area contributed by atoms with E-state index in [9.17, 15) is 9.59 Å². The fourth-order valence-electron chi connectivity index (χ4n) is 5.51. The number of carbonyl (C=O) groups excluding carboxylic acids is 2. The number of ether oxygens (including phenoxy) is 2. The third-order valence-corrected chi connectivity index (χ3v) is 7.44. The summed E-state index contributed by atoms with van der Waals surface area (Å²) in [7, 11) is 0. The molecule has 2 aliphatic heterocycles. The number of hydrogen-bond donors (Lipinski definition) is 1. The Hall–Kier alpha value is -3.59. The van der Waals surface area contributed by atoms with Gasteiger partial charge in [0, 0.05) is 35.8 Å². The number of nitrogens with zero attached hydrogens (tertiary/aromatic N) is 3. The number of nitrogens with one attached hydrogen (secondary N) is 1. The van der Waals surface area contributed by atoms with Gasteiger partial charge >= 0.3 is 5.97 Å². The van der Waals surface area contributed by atoms with Gasteiger partial charge in [-0.25, -0.2) is 4.79 Å². The highest BCUT2D eigenvalue weighted by Crippen LogP contribution is 2.41. The van der Waals surface area contributed by atoms with Gasteiger partial charge in [0.1, 0.15) is 23.6 Å². The van der Waals surface area contributed by atoms with Crippen LogP contribution in [0.3, 0.4) is 0 Å². The average Bonchev–Trinajstić information content (AvgIpc) is 3.43. The van der Waals surface area contributed by atoms with Crippen molar-refractivity contribution in [2.24, 2.45) is 0 Å². The fraction of sp³-hybridized carbons (Fsp3) is 0.500. The topological polar surface area (TPSA) is 101 Å². The molecule has 9 heteroatoms. The minimum absolute atomic E-state index is 0.215. The van der Waals surface area contributed by atoms with E-state index in [1.807, 2.05) is 32.9 Å². The van der Waals surface area contributed by atoms with E-state index in [0.29, 0.717) is 35.7 Å². The van der Waals surface area contributed by atoms with E-state index in [-0.39, 0.29) is 17.6 Å². The van der Waals surface area contributed by atoms with Gasteiger partial charge < -0.3 is 23.9 Å². The van der Waals surface area contributed by atoms with Crippen molar-refractivity contribution in [3.63, 3.8) is 0 Å². The van der Waals surface area contributed by atoms with Crippen LogP contribution < -0.4 is 4.74 Å². The fourth-order valence-corrected chi connectivity index (χ4v) is 5.51. The highest BCUT2D eigenvalue weighted by molar-refractivity contribution is 6.18. The number of carbonyl (C=O) groups is 2. The summed E-state index contributed by atoms with van der Waals surface area (Å²) in [6, 6.07) is 7.20. The Labute approximate surface area is 229 Å². The normalized spacial score (nSPS) is 17.6. The predicted molar refractivity (Wildman–Crippen MR) is 149 cm³/mol. The van der Waals surface area contributed by atoms with Crippen LogP contribution in [0.5, 0.6) is 5.75 Å². The number of aryl methyl sites for hydroxylation is 1. The molecule has 0 aliphatic carbocycles. The van der Waals surface area contributed by atoms with Gasteiger partial charge in [0.2, 0.25) is 0 Å². The predicted octanol–water partition coefficient (Wildman–Crippen LogP) is 5.06. The van der Waals surface area contributed by atoms with E-state index in [4.69, 9.17) is 14.0 Å². The minimum Gasteiger partial charge on any atom is -0.492 e. The molecular weight excluding hydrogens is 496 g/mol. The Balaban J connectivity index is 1.39. The Morgan fingerprint density at radius 3 is 2.54 bits per heavy atom. The number of benzene rings is 1. The lowest BCUT2D eigenvalue weighted by atomic mass is 9.83. The van der Waals surface area contributed by atoms with Gasteiger partial charge in [-0.1, -0.05) is 25.4 Å². The van der Waals surface area contributed by atoms with Crippen molar-refractivity contribution in [1.29, 1.82) is 0 Å². The molecule has 1 fully saturated rings. The van der Waals surface area contributed by atoms with Crippen molar-refractivity contribution in [2.45, 2.75) is 65.4 Å². The van der Waals surface area contributed by atoms with E-state index in [1.54, 1.807) is 37.1 Å². The standard InChI is InChI=1S/C30H38N4O5/c1-19(2)38-29(36)23-17-34(18-30(4,5)24-26(23)31-25-20(3)32-39-27(24)25)28(35)21-9-11-22(12-10-21)37-16-15-33-13-7-6-8-14-33/h9-12,17,19,31H,6-8,13-16,18H2,1-5H3. The molecule has 0 saturated carbocycles. The number of piperidine rings is 1.